The zero-order chi connectivity index (χ0) is 18.3. The predicted octanol–water partition coefficient (Wildman–Crippen LogP) is 6.89. The van der Waals surface area contributed by atoms with Crippen molar-refractivity contribution in [1.82, 2.24) is 15.0 Å². The number of pyridine rings is 3. The van der Waals surface area contributed by atoms with Crippen molar-refractivity contribution in [3.63, 3.8) is 0 Å². The van der Waals surface area contributed by atoms with Gasteiger partial charge in [-0.3, -0.25) is 9.97 Å². The molecule has 0 N–H and O–H groups in total. The molecule has 0 unspecified atom stereocenters. The van der Waals surface area contributed by atoms with Crippen molar-refractivity contribution < 1.29 is 0 Å². The van der Waals surface area contributed by atoms with Crippen LogP contribution in [0.4, 0.5) is 0 Å². The lowest BCUT2D eigenvalue weighted by Gasteiger charge is -1.81. The number of rotatable bonds is 0. The van der Waals surface area contributed by atoms with E-state index >= 15 is 0 Å². The van der Waals surface area contributed by atoms with Crippen LogP contribution in [-0.2, 0) is 0 Å². The minimum atomic E-state index is 1.12. The van der Waals surface area contributed by atoms with Gasteiger partial charge < -0.3 is 0 Å². The summed E-state index contributed by atoms with van der Waals surface area (Å²) < 4.78 is 2.57. The van der Waals surface area contributed by atoms with Crippen molar-refractivity contribution in [3.8, 4) is 0 Å². The number of nitrogens with zero attached hydrogens (tertiary/aromatic N) is 3. The van der Waals surface area contributed by atoms with Gasteiger partial charge in [-0.15, -0.1) is 34.0 Å². The predicted molar refractivity (Wildman–Crippen MR) is 119 cm³/mol. The minimum Gasteiger partial charge on any atom is -0.264 e. The van der Waals surface area contributed by atoms with Gasteiger partial charge in [0.05, 0.1) is 4.70 Å². The van der Waals surface area contributed by atoms with Crippen LogP contribution >= 0.6 is 34.0 Å². The normalized spacial score (nSPS) is 10.2. The average molecular weight is 406 g/mol. The van der Waals surface area contributed by atoms with Crippen LogP contribution in [0.15, 0.2) is 89.6 Å². The van der Waals surface area contributed by atoms with E-state index in [4.69, 9.17) is 0 Å². The molecule has 6 heteroatoms. The van der Waals surface area contributed by atoms with Gasteiger partial charge in [0.2, 0.25) is 0 Å². The van der Waals surface area contributed by atoms with Crippen LogP contribution in [0.25, 0.3) is 30.4 Å². The van der Waals surface area contributed by atoms with Crippen LogP contribution in [0.2, 0.25) is 0 Å². The molecule has 0 aromatic carbocycles. The number of fused-ring (bicyclic) bond motifs is 3. The van der Waals surface area contributed by atoms with Crippen molar-refractivity contribution in [2.75, 3.05) is 0 Å². The number of hydrogen-bond donors (Lipinski definition) is 0. The second kappa shape index (κ2) is 8.81. The van der Waals surface area contributed by atoms with Gasteiger partial charge >= 0.3 is 0 Å². The first kappa shape index (κ1) is 17.7. The number of aromatic nitrogens is 3. The molecule has 3 nitrogen and oxygen atoms in total. The second-order valence-corrected chi connectivity index (χ2v) is 8.28. The maximum absolute atomic E-state index is 4.16. The molecule has 132 valence electrons. The fraction of sp³-hybridized carbons (Fsp3) is 0. The van der Waals surface area contributed by atoms with Crippen LogP contribution in [0.3, 0.4) is 0 Å². The van der Waals surface area contributed by atoms with E-state index in [1.54, 1.807) is 34.0 Å². The summed E-state index contributed by atoms with van der Waals surface area (Å²) in [5.41, 5.74) is 0. The van der Waals surface area contributed by atoms with Crippen LogP contribution in [-0.4, -0.2) is 15.0 Å². The molecule has 0 spiro atoms. The monoisotopic (exact) mass is 405 g/mol. The smallest absolute Gasteiger partial charge is 0.123 e. The third-order valence-corrected chi connectivity index (χ3v) is 6.34. The fourth-order valence-electron chi connectivity index (χ4n) is 2.41. The molecular formula is C21H15N3S3. The van der Waals surface area contributed by atoms with E-state index in [-0.39, 0.29) is 0 Å². The molecule has 0 saturated heterocycles. The van der Waals surface area contributed by atoms with E-state index in [1.807, 2.05) is 49.2 Å². The van der Waals surface area contributed by atoms with Gasteiger partial charge in [-0.25, -0.2) is 4.98 Å². The fourth-order valence-corrected chi connectivity index (χ4v) is 4.66. The highest BCUT2D eigenvalue weighted by Crippen LogP contribution is 2.18. The molecule has 0 radical (unpaired) electrons. The summed E-state index contributed by atoms with van der Waals surface area (Å²) in [7, 11) is 0. The van der Waals surface area contributed by atoms with Crippen molar-refractivity contribution in [2.45, 2.75) is 0 Å². The van der Waals surface area contributed by atoms with Crippen molar-refractivity contribution in [2.24, 2.45) is 0 Å². The van der Waals surface area contributed by atoms with Gasteiger partial charge in [-0.1, -0.05) is 6.07 Å². The lowest BCUT2D eigenvalue weighted by Crippen LogP contribution is -1.65. The quantitative estimate of drug-likeness (QED) is 0.276. The molecule has 0 aliphatic heterocycles. The molecule has 0 amide bonds. The summed E-state index contributed by atoms with van der Waals surface area (Å²) in [6.45, 7) is 0. The topological polar surface area (TPSA) is 38.7 Å². The summed E-state index contributed by atoms with van der Waals surface area (Å²) in [4.78, 5) is 13.3. The van der Waals surface area contributed by atoms with Gasteiger partial charge in [-0.2, -0.15) is 0 Å². The SMILES string of the molecule is c1cc2ccsc2cn1.c1cc2sccc2cn1.c1cnc2sccc2c1. The first-order chi connectivity index (χ1) is 13.4. The zero-order valence-electron chi connectivity index (χ0n) is 14.2. The Morgan fingerprint density at radius 3 is 2.15 bits per heavy atom. The Labute approximate surface area is 168 Å². The van der Waals surface area contributed by atoms with E-state index in [9.17, 15) is 0 Å². The van der Waals surface area contributed by atoms with Crippen molar-refractivity contribution >= 4 is 64.4 Å². The van der Waals surface area contributed by atoms with E-state index in [0.29, 0.717) is 0 Å². The van der Waals surface area contributed by atoms with E-state index < -0.39 is 0 Å². The molecule has 6 aromatic heterocycles. The maximum atomic E-state index is 4.16. The summed E-state index contributed by atoms with van der Waals surface area (Å²) in [5, 5.41) is 9.97. The molecule has 27 heavy (non-hydrogen) atoms. The maximum Gasteiger partial charge on any atom is 0.123 e. The van der Waals surface area contributed by atoms with Gasteiger partial charge in [0.1, 0.15) is 4.83 Å². The molecule has 6 aromatic rings. The summed E-state index contributed by atoms with van der Waals surface area (Å²) >= 11 is 5.15. The second-order valence-electron chi connectivity index (χ2n) is 5.49. The molecule has 0 atom stereocenters. The third kappa shape index (κ3) is 4.54. The molecule has 0 bridgehead atoms. The first-order valence-corrected chi connectivity index (χ1v) is 10.9. The van der Waals surface area contributed by atoms with Gasteiger partial charge in [0, 0.05) is 46.5 Å². The van der Waals surface area contributed by atoms with E-state index in [1.165, 1.54) is 25.6 Å². The van der Waals surface area contributed by atoms with Crippen LogP contribution in [0.1, 0.15) is 0 Å². The molecule has 0 aliphatic carbocycles. The Morgan fingerprint density at radius 2 is 1.30 bits per heavy atom. The van der Waals surface area contributed by atoms with Gasteiger partial charge in [0.25, 0.3) is 0 Å². The molecular weight excluding hydrogens is 390 g/mol. The van der Waals surface area contributed by atoms with Gasteiger partial charge in [0.15, 0.2) is 0 Å². The van der Waals surface area contributed by atoms with Crippen LogP contribution in [0.5, 0.6) is 0 Å². The average Bonchev–Trinajstić information content (AvgIpc) is 3.48. The Bertz CT molecular complexity index is 1010. The number of thiophene rings is 3. The van der Waals surface area contributed by atoms with Crippen molar-refractivity contribution in [1.29, 1.82) is 0 Å². The molecule has 6 rings (SSSR count). The van der Waals surface area contributed by atoms with E-state index in [2.05, 4.69) is 55.4 Å². The highest BCUT2D eigenvalue weighted by atomic mass is 32.1. The van der Waals surface area contributed by atoms with E-state index in [0.717, 1.165) is 4.83 Å². The lowest BCUT2D eigenvalue weighted by atomic mass is 10.3. The lowest BCUT2D eigenvalue weighted by molar-refractivity contribution is 1.37. The molecule has 0 fully saturated rings. The summed E-state index contributed by atoms with van der Waals surface area (Å²) in [6.07, 6.45) is 9.22. The Morgan fingerprint density at radius 1 is 0.556 bits per heavy atom. The zero-order valence-corrected chi connectivity index (χ0v) is 16.7. The summed E-state index contributed by atoms with van der Waals surface area (Å²) in [6, 6.07) is 14.3. The van der Waals surface area contributed by atoms with Crippen molar-refractivity contribution in [3.05, 3.63) is 89.6 Å². The third-order valence-electron chi connectivity index (χ3n) is 3.74. The Hall–Kier alpha value is -2.67. The summed E-state index contributed by atoms with van der Waals surface area (Å²) in [5.74, 6) is 0. The Kier molecular flexibility index (Phi) is 5.79. The van der Waals surface area contributed by atoms with Gasteiger partial charge in [-0.05, 0) is 57.9 Å². The molecule has 6 heterocycles. The highest BCUT2D eigenvalue weighted by molar-refractivity contribution is 7.17. The largest absolute Gasteiger partial charge is 0.264 e. The van der Waals surface area contributed by atoms with Crippen LogP contribution < -0.4 is 0 Å². The highest BCUT2D eigenvalue weighted by Gasteiger charge is 1.90. The standard InChI is InChI=1S/3C7H5NS/c1-3-8-5-6-2-4-9-7(1)6;1-3-8-5-7-6(1)2-4-9-7;1-2-6-3-5-9-7(6)8-4-1/h3*1-5H. The molecule has 0 aliphatic rings. The Balaban J connectivity index is 0.0000001000. The molecule has 0 saturated carbocycles. The van der Waals surface area contributed by atoms with Crippen LogP contribution in [0, 0.1) is 0 Å². The first-order valence-electron chi connectivity index (χ1n) is 8.23. The number of hydrogen-bond acceptors (Lipinski definition) is 6. The minimum absolute atomic E-state index is 1.12.